The number of aromatic nitrogens is 1. The molecule has 1 atom stereocenters. The highest BCUT2D eigenvalue weighted by molar-refractivity contribution is 6.32. The van der Waals surface area contributed by atoms with Crippen molar-refractivity contribution in [2.45, 2.75) is 19.8 Å². The van der Waals surface area contributed by atoms with E-state index in [0.29, 0.717) is 33.8 Å². The van der Waals surface area contributed by atoms with Crippen LogP contribution in [0.3, 0.4) is 0 Å². The first kappa shape index (κ1) is 19.3. The van der Waals surface area contributed by atoms with E-state index in [2.05, 4.69) is 17.2 Å². The SMILES string of the molecule is COc1cc(Nc2ccnc(C(=O)N3CCCC(C)C3)c2)c(OC)cc1Cl. The predicted molar refractivity (Wildman–Crippen MR) is 106 cm³/mol. The molecule has 144 valence electrons. The van der Waals surface area contributed by atoms with E-state index in [4.69, 9.17) is 21.1 Å². The van der Waals surface area contributed by atoms with Gasteiger partial charge in [0.05, 0.1) is 24.9 Å². The number of hydrogen-bond donors (Lipinski definition) is 1. The van der Waals surface area contributed by atoms with Crippen molar-refractivity contribution in [2.24, 2.45) is 5.92 Å². The van der Waals surface area contributed by atoms with E-state index in [9.17, 15) is 4.79 Å². The predicted octanol–water partition coefficient (Wildman–Crippen LogP) is 4.37. The Morgan fingerprint density at radius 3 is 2.74 bits per heavy atom. The molecule has 6 nitrogen and oxygen atoms in total. The summed E-state index contributed by atoms with van der Waals surface area (Å²) < 4.78 is 10.7. The second-order valence-electron chi connectivity index (χ2n) is 6.74. The van der Waals surface area contributed by atoms with Crippen LogP contribution in [-0.4, -0.2) is 43.1 Å². The Balaban J connectivity index is 1.83. The van der Waals surface area contributed by atoms with E-state index in [1.54, 1.807) is 44.7 Å². The highest BCUT2D eigenvalue weighted by atomic mass is 35.5. The van der Waals surface area contributed by atoms with E-state index in [-0.39, 0.29) is 5.91 Å². The number of pyridine rings is 1. The molecular weight excluding hydrogens is 366 g/mol. The number of nitrogens with zero attached hydrogens (tertiary/aromatic N) is 2. The summed E-state index contributed by atoms with van der Waals surface area (Å²) in [5, 5.41) is 3.72. The molecule has 2 heterocycles. The lowest BCUT2D eigenvalue weighted by molar-refractivity contribution is 0.0677. The third kappa shape index (κ3) is 4.45. The van der Waals surface area contributed by atoms with Crippen LogP contribution in [0.4, 0.5) is 11.4 Å². The molecule has 3 rings (SSSR count). The van der Waals surface area contributed by atoms with Crippen LogP contribution in [0.1, 0.15) is 30.3 Å². The third-order valence-electron chi connectivity index (χ3n) is 4.68. The summed E-state index contributed by atoms with van der Waals surface area (Å²) in [6.07, 6.45) is 3.83. The number of piperidine rings is 1. The lowest BCUT2D eigenvalue weighted by Gasteiger charge is -2.30. The Labute approximate surface area is 164 Å². The molecule has 0 spiro atoms. The molecule has 27 heavy (non-hydrogen) atoms. The number of halogens is 1. The average Bonchev–Trinajstić information content (AvgIpc) is 2.68. The van der Waals surface area contributed by atoms with E-state index in [0.717, 1.165) is 31.6 Å². The number of rotatable bonds is 5. The highest BCUT2D eigenvalue weighted by Crippen LogP contribution is 2.37. The van der Waals surface area contributed by atoms with Gasteiger partial charge in [-0.25, -0.2) is 0 Å². The Kier molecular flexibility index (Phi) is 6.06. The highest BCUT2D eigenvalue weighted by Gasteiger charge is 2.23. The Bertz CT molecular complexity index is 828. The molecule has 2 aromatic rings. The minimum absolute atomic E-state index is 0.0362. The Hall–Kier alpha value is -2.47. The molecule has 1 aromatic heterocycles. The molecule has 0 radical (unpaired) electrons. The lowest BCUT2D eigenvalue weighted by atomic mass is 10.00. The van der Waals surface area contributed by atoms with E-state index in [1.165, 1.54) is 0 Å². The molecule has 1 aliphatic heterocycles. The van der Waals surface area contributed by atoms with Crippen LogP contribution in [0.25, 0.3) is 0 Å². The van der Waals surface area contributed by atoms with Gasteiger partial charge >= 0.3 is 0 Å². The molecule has 1 N–H and O–H groups in total. The van der Waals surface area contributed by atoms with Crippen molar-refractivity contribution in [3.63, 3.8) is 0 Å². The number of nitrogens with one attached hydrogen (secondary N) is 1. The van der Waals surface area contributed by atoms with Crippen LogP contribution in [0.15, 0.2) is 30.5 Å². The van der Waals surface area contributed by atoms with Gasteiger partial charge in [-0.1, -0.05) is 18.5 Å². The lowest BCUT2D eigenvalue weighted by Crippen LogP contribution is -2.39. The molecule has 1 aromatic carbocycles. The molecule has 0 bridgehead atoms. The van der Waals surface area contributed by atoms with Gasteiger partial charge in [0.2, 0.25) is 0 Å². The maximum absolute atomic E-state index is 12.8. The number of likely N-dealkylation sites (tertiary alicyclic amines) is 1. The molecule has 0 aliphatic carbocycles. The quantitative estimate of drug-likeness (QED) is 0.822. The zero-order chi connectivity index (χ0) is 19.4. The first-order valence-corrected chi connectivity index (χ1v) is 9.33. The molecular formula is C20H24ClN3O3. The van der Waals surface area contributed by atoms with Gasteiger partial charge in [0.1, 0.15) is 17.2 Å². The number of benzene rings is 1. The number of methoxy groups -OCH3 is 2. The summed E-state index contributed by atoms with van der Waals surface area (Å²) in [6.45, 7) is 3.73. The van der Waals surface area contributed by atoms with Crippen LogP contribution >= 0.6 is 11.6 Å². The zero-order valence-corrected chi connectivity index (χ0v) is 16.5. The van der Waals surface area contributed by atoms with Crippen LogP contribution in [0.5, 0.6) is 11.5 Å². The normalized spacial score (nSPS) is 16.7. The van der Waals surface area contributed by atoms with Gasteiger partial charge in [0.15, 0.2) is 0 Å². The van der Waals surface area contributed by atoms with E-state index < -0.39 is 0 Å². The van der Waals surface area contributed by atoms with Crippen molar-refractivity contribution < 1.29 is 14.3 Å². The Morgan fingerprint density at radius 2 is 2.04 bits per heavy atom. The summed E-state index contributed by atoms with van der Waals surface area (Å²) in [6, 6.07) is 7.00. The standard InChI is InChI=1S/C20H24ClN3O3/c1-13-5-4-8-24(12-13)20(25)17-9-14(6-7-22-17)23-16-11-18(26-2)15(21)10-19(16)27-3/h6-7,9-11,13H,4-5,8,12H2,1-3H3,(H,22,23). The van der Waals surface area contributed by atoms with Crippen LogP contribution in [0, 0.1) is 5.92 Å². The van der Waals surface area contributed by atoms with Gasteiger partial charge in [0.25, 0.3) is 5.91 Å². The fraction of sp³-hybridized carbons (Fsp3) is 0.400. The van der Waals surface area contributed by atoms with Gasteiger partial charge in [-0.3, -0.25) is 9.78 Å². The maximum Gasteiger partial charge on any atom is 0.272 e. The topological polar surface area (TPSA) is 63.7 Å². The van der Waals surface area contributed by atoms with E-state index in [1.807, 2.05) is 4.90 Å². The molecule has 1 fully saturated rings. The first-order chi connectivity index (χ1) is 13.0. The summed E-state index contributed by atoms with van der Waals surface area (Å²) in [7, 11) is 3.13. The fourth-order valence-electron chi connectivity index (χ4n) is 3.27. The molecule has 1 saturated heterocycles. The van der Waals surface area contributed by atoms with Gasteiger partial charge < -0.3 is 19.7 Å². The van der Waals surface area contributed by atoms with Crippen molar-refractivity contribution in [3.05, 3.63) is 41.2 Å². The van der Waals surface area contributed by atoms with Crippen molar-refractivity contribution in [1.82, 2.24) is 9.88 Å². The van der Waals surface area contributed by atoms with E-state index >= 15 is 0 Å². The fourth-order valence-corrected chi connectivity index (χ4v) is 3.51. The largest absolute Gasteiger partial charge is 0.495 e. The first-order valence-electron chi connectivity index (χ1n) is 8.95. The number of carbonyl (C=O) groups excluding carboxylic acids is 1. The molecule has 7 heteroatoms. The van der Waals surface area contributed by atoms with Crippen molar-refractivity contribution in [3.8, 4) is 11.5 Å². The maximum atomic E-state index is 12.8. The van der Waals surface area contributed by atoms with Crippen molar-refractivity contribution in [2.75, 3.05) is 32.6 Å². The number of carbonyl (C=O) groups is 1. The van der Waals surface area contributed by atoms with Crippen LogP contribution in [-0.2, 0) is 0 Å². The second kappa shape index (κ2) is 8.48. The third-order valence-corrected chi connectivity index (χ3v) is 4.97. The second-order valence-corrected chi connectivity index (χ2v) is 7.15. The molecule has 1 aliphatic rings. The van der Waals surface area contributed by atoms with Crippen molar-refractivity contribution >= 4 is 28.9 Å². The van der Waals surface area contributed by atoms with Gasteiger partial charge in [-0.15, -0.1) is 0 Å². The summed E-state index contributed by atoms with van der Waals surface area (Å²) in [5.74, 6) is 1.60. The number of amides is 1. The summed E-state index contributed by atoms with van der Waals surface area (Å²) >= 11 is 6.15. The summed E-state index contributed by atoms with van der Waals surface area (Å²) in [4.78, 5) is 18.9. The smallest absolute Gasteiger partial charge is 0.272 e. The molecule has 1 amide bonds. The average molecular weight is 390 g/mol. The van der Waals surface area contributed by atoms with Crippen molar-refractivity contribution in [1.29, 1.82) is 0 Å². The monoisotopic (exact) mass is 389 g/mol. The van der Waals surface area contributed by atoms with Gasteiger partial charge in [-0.05, 0) is 30.9 Å². The number of hydrogen-bond acceptors (Lipinski definition) is 5. The number of anilines is 2. The van der Waals surface area contributed by atoms with Gasteiger partial charge in [0, 0.05) is 37.1 Å². The van der Waals surface area contributed by atoms with Crippen LogP contribution < -0.4 is 14.8 Å². The number of ether oxygens (including phenoxy) is 2. The molecule has 1 unspecified atom stereocenters. The van der Waals surface area contributed by atoms with Gasteiger partial charge in [-0.2, -0.15) is 0 Å². The minimum Gasteiger partial charge on any atom is -0.495 e. The molecule has 0 saturated carbocycles. The minimum atomic E-state index is -0.0362. The van der Waals surface area contributed by atoms with Crippen LogP contribution in [0.2, 0.25) is 5.02 Å². The summed E-state index contributed by atoms with van der Waals surface area (Å²) in [5.41, 5.74) is 1.85. The zero-order valence-electron chi connectivity index (χ0n) is 15.8. The Morgan fingerprint density at radius 1 is 1.26 bits per heavy atom.